The van der Waals surface area contributed by atoms with Crippen molar-refractivity contribution in [2.24, 2.45) is 11.8 Å². The van der Waals surface area contributed by atoms with E-state index < -0.39 is 0 Å². The highest BCUT2D eigenvalue weighted by Crippen LogP contribution is 2.41. The molecule has 2 aliphatic heterocycles. The molecule has 0 spiro atoms. The second-order valence-electron chi connectivity index (χ2n) is 11.2. The molecule has 1 N–H and O–H groups in total. The lowest BCUT2D eigenvalue weighted by atomic mass is 9.72. The van der Waals surface area contributed by atoms with Crippen molar-refractivity contribution >= 4 is 45.8 Å². The van der Waals surface area contributed by atoms with Crippen LogP contribution in [-0.4, -0.2) is 66.7 Å². The van der Waals surface area contributed by atoms with Crippen LogP contribution in [0.5, 0.6) is 0 Å². The number of likely N-dealkylation sites (tertiary alicyclic amines) is 1. The number of likely N-dealkylation sites (N-methyl/N-ethyl adjacent to an activating group) is 1. The number of carbonyl (C=O) groups is 4. The van der Waals surface area contributed by atoms with Gasteiger partial charge in [0.05, 0.1) is 0 Å². The highest BCUT2D eigenvalue weighted by Gasteiger charge is 2.44. The van der Waals surface area contributed by atoms with Crippen LogP contribution in [-0.2, 0) is 9.59 Å². The Bertz CT molecular complexity index is 1740. The molecule has 2 aliphatic carbocycles. The van der Waals surface area contributed by atoms with Crippen LogP contribution in [0.4, 0.5) is 11.4 Å². The van der Waals surface area contributed by atoms with Gasteiger partial charge in [0.25, 0.3) is 23.6 Å². The summed E-state index contributed by atoms with van der Waals surface area (Å²) in [7, 11) is 1.92. The van der Waals surface area contributed by atoms with E-state index in [0.717, 1.165) is 22.1 Å². The summed E-state index contributed by atoms with van der Waals surface area (Å²) >= 11 is 0. The van der Waals surface area contributed by atoms with E-state index in [1.807, 2.05) is 96.9 Å². The third kappa shape index (κ3) is 4.46. The molecule has 0 aromatic heterocycles. The molecule has 4 amide bonds. The zero-order chi connectivity index (χ0) is 29.7. The zero-order valence-electron chi connectivity index (χ0n) is 23.7. The summed E-state index contributed by atoms with van der Waals surface area (Å²) in [6.07, 6.45) is 11.5. The summed E-state index contributed by atoms with van der Waals surface area (Å²) in [5, 5.41) is 4.93. The monoisotopic (exact) mass is 570 g/mol. The van der Waals surface area contributed by atoms with Crippen molar-refractivity contribution in [2.45, 2.75) is 0 Å². The molecule has 8 nitrogen and oxygen atoms in total. The number of nitrogens with zero attached hydrogens (tertiary/aromatic N) is 3. The SMILES string of the molecule is CN(CCN1C(=O)C2=CC=CC3C=CC=C(C1=O)C23)c1cccc(NCCN2C(=O)c3cccc4cccc(c34)C2=O)c1. The molecule has 0 unspecified atom stereocenters. The average Bonchev–Trinajstić information content (AvgIpc) is 3.04. The van der Waals surface area contributed by atoms with E-state index in [4.69, 9.17) is 0 Å². The van der Waals surface area contributed by atoms with Crippen LogP contribution < -0.4 is 10.2 Å². The second-order valence-corrected chi connectivity index (χ2v) is 11.2. The fraction of sp³-hybridized carbons (Fsp3) is 0.200. The van der Waals surface area contributed by atoms with Gasteiger partial charge < -0.3 is 10.2 Å². The van der Waals surface area contributed by atoms with Crippen LogP contribution >= 0.6 is 0 Å². The summed E-state index contributed by atoms with van der Waals surface area (Å²) in [4.78, 5) is 57.6. The maximum Gasteiger partial charge on any atom is 0.261 e. The molecule has 3 aromatic carbocycles. The number of allylic oxidation sites excluding steroid dienone is 6. The number of hydrogen-bond acceptors (Lipinski definition) is 6. The first-order valence-electron chi connectivity index (χ1n) is 14.5. The number of amides is 4. The number of carbonyl (C=O) groups excluding carboxylic acids is 4. The predicted molar refractivity (Wildman–Crippen MR) is 166 cm³/mol. The van der Waals surface area contributed by atoms with Crippen molar-refractivity contribution < 1.29 is 19.2 Å². The molecule has 0 atom stereocenters. The first-order valence-corrected chi connectivity index (χ1v) is 14.5. The van der Waals surface area contributed by atoms with Crippen molar-refractivity contribution in [3.8, 4) is 0 Å². The Morgan fingerprint density at radius 3 is 2.00 bits per heavy atom. The number of rotatable bonds is 8. The third-order valence-corrected chi connectivity index (χ3v) is 8.72. The number of anilines is 2. The molecule has 1 fully saturated rings. The van der Waals surface area contributed by atoms with Gasteiger partial charge in [-0.15, -0.1) is 0 Å². The van der Waals surface area contributed by atoms with Gasteiger partial charge in [-0.2, -0.15) is 0 Å². The Morgan fingerprint density at radius 2 is 1.35 bits per heavy atom. The van der Waals surface area contributed by atoms with Crippen molar-refractivity contribution in [1.29, 1.82) is 0 Å². The van der Waals surface area contributed by atoms with Gasteiger partial charge in [-0.05, 0) is 35.7 Å². The van der Waals surface area contributed by atoms with E-state index in [1.165, 1.54) is 9.80 Å². The lowest BCUT2D eigenvalue weighted by Gasteiger charge is -2.39. The smallest absolute Gasteiger partial charge is 0.261 e. The summed E-state index contributed by atoms with van der Waals surface area (Å²) in [5.74, 6) is -1.15. The lowest BCUT2D eigenvalue weighted by Crippen LogP contribution is -2.50. The average molecular weight is 571 g/mol. The Morgan fingerprint density at radius 1 is 0.744 bits per heavy atom. The largest absolute Gasteiger partial charge is 0.383 e. The first kappa shape index (κ1) is 26.6. The molecule has 2 heterocycles. The third-order valence-electron chi connectivity index (χ3n) is 8.72. The molecule has 43 heavy (non-hydrogen) atoms. The molecule has 214 valence electrons. The van der Waals surface area contributed by atoms with Gasteiger partial charge >= 0.3 is 0 Å². The van der Waals surface area contributed by atoms with Gasteiger partial charge in [0.2, 0.25) is 0 Å². The predicted octanol–water partition coefficient (Wildman–Crippen LogP) is 4.58. The summed E-state index contributed by atoms with van der Waals surface area (Å²) in [6, 6.07) is 18.8. The molecule has 8 heteroatoms. The Hall–Kier alpha value is -5.24. The Kier molecular flexibility index (Phi) is 6.54. The quantitative estimate of drug-likeness (QED) is 0.399. The molecule has 1 saturated heterocycles. The summed E-state index contributed by atoms with van der Waals surface area (Å²) in [5.41, 5.74) is 4.17. The van der Waals surface area contributed by atoms with Crippen LogP contribution in [0.2, 0.25) is 0 Å². The van der Waals surface area contributed by atoms with Gasteiger partial charge in [-0.3, -0.25) is 29.0 Å². The van der Waals surface area contributed by atoms with E-state index in [1.54, 1.807) is 12.1 Å². The molecule has 0 saturated carbocycles. The lowest BCUT2D eigenvalue weighted by molar-refractivity contribution is -0.142. The van der Waals surface area contributed by atoms with Crippen LogP contribution in [0, 0.1) is 11.8 Å². The van der Waals surface area contributed by atoms with Crippen molar-refractivity contribution in [3.05, 3.63) is 119 Å². The minimum atomic E-state index is -0.284. The second kappa shape index (κ2) is 10.5. The van der Waals surface area contributed by atoms with Crippen molar-refractivity contribution in [2.75, 3.05) is 43.4 Å². The topological polar surface area (TPSA) is 90.0 Å². The zero-order valence-corrected chi connectivity index (χ0v) is 23.7. The van der Waals surface area contributed by atoms with Crippen LogP contribution in [0.15, 0.2) is 108 Å². The van der Waals surface area contributed by atoms with E-state index >= 15 is 0 Å². The maximum atomic E-state index is 13.3. The molecule has 4 aliphatic rings. The Labute approximate surface area is 249 Å². The maximum absolute atomic E-state index is 13.3. The van der Waals surface area contributed by atoms with Crippen LogP contribution in [0.1, 0.15) is 20.7 Å². The van der Waals surface area contributed by atoms with Gasteiger partial charge in [0.15, 0.2) is 0 Å². The normalized spacial score (nSPS) is 20.3. The standard InChI is InChI=1S/C35H30N4O4/c1-37(19-20-39-34(42)28-15-4-9-23-10-5-16-29(31(23)28)35(39)43)25-12-6-11-24(21-25)36-17-18-38-32(40)26-13-2-7-22-8-3-14-27(30(22)26)33(38)41/h2-16,21,23,31,36H,17-20H2,1H3. The number of benzene rings is 3. The fourth-order valence-electron chi connectivity index (χ4n) is 6.49. The molecular formula is C35H30N4O4. The number of piperidine rings is 1. The minimum Gasteiger partial charge on any atom is -0.383 e. The summed E-state index contributed by atoms with van der Waals surface area (Å²) in [6.45, 7) is 1.33. The first-order chi connectivity index (χ1) is 20.9. The number of imide groups is 2. The van der Waals surface area contributed by atoms with Gasteiger partial charge in [-0.25, -0.2) is 0 Å². The molecule has 0 bridgehead atoms. The highest BCUT2D eigenvalue weighted by atomic mass is 16.2. The van der Waals surface area contributed by atoms with Crippen LogP contribution in [0.25, 0.3) is 10.8 Å². The van der Waals surface area contributed by atoms with Crippen molar-refractivity contribution in [1.82, 2.24) is 9.80 Å². The van der Waals surface area contributed by atoms with Gasteiger partial charge in [0, 0.05) is 84.1 Å². The van der Waals surface area contributed by atoms with Crippen LogP contribution in [0.3, 0.4) is 0 Å². The molecule has 3 aromatic rings. The van der Waals surface area contributed by atoms with E-state index in [-0.39, 0.29) is 48.6 Å². The summed E-state index contributed by atoms with van der Waals surface area (Å²) < 4.78 is 0. The molecule has 0 radical (unpaired) electrons. The van der Waals surface area contributed by atoms with E-state index in [2.05, 4.69) is 5.32 Å². The van der Waals surface area contributed by atoms with E-state index in [9.17, 15) is 19.2 Å². The fourth-order valence-corrected chi connectivity index (χ4v) is 6.49. The molecule has 7 rings (SSSR count). The van der Waals surface area contributed by atoms with Gasteiger partial charge in [0.1, 0.15) is 0 Å². The van der Waals surface area contributed by atoms with Crippen molar-refractivity contribution in [3.63, 3.8) is 0 Å². The number of nitrogens with one attached hydrogen (secondary N) is 1. The van der Waals surface area contributed by atoms with Gasteiger partial charge in [-0.1, -0.05) is 66.8 Å². The highest BCUT2D eigenvalue weighted by molar-refractivity contribution is 6.25. The Balaban J connectivity index is 0.991. The molecular weight excluding hydrogens is 540 g/mol. The minimum absolute atomic E-state index is 0.0456. The number of hydrogen-bond donors (Lipinski definition) is 1. The van der Waals surface area contributed by atoms with E-state index in [0.29, 0.717) is 35.4 Å².